The van der Waals surface area contributed by atoms with Crippen LogP contribution in [0.25, 0.3) is 5.65 Å². The van der Waals surface area contributed by atoms with Crippen molar-refractivity contribution in [2.24, 2.45) is 5.73 Å². The average molecular weight is 553 g/mol. The van der Waals surface area contributed by atoms with Crippen molar-refractivity contribution in [3.05, 3.63) is 65.6 Å². The molecule has 9 nitrogen and oxygen atoms in total. The van der Waals surface area contributed by atoms with Gasteiger partial charge in [-0.2, -0.15) is 10.1 Å². The zero-order valence-corrected chi connectivity index (χ0v) is 24.2. The lowest BCUT2D eigenvalue weighted by Crippen LogP contribution is -2.47. The number of nitrogens with two attached hydrogens (primary N) is 1. The summed E-state index contributed by atoms with van der Waals surface area (Å²) in [6.07, 6.45) is 7.53. The zero-order valence-electron chi connectivity index (χ0n) is 22.4. The van der Waals surface area contributed by atoms with Gasteiger partial charge in [-0.05, 0) is 48.7 Å². The first-order valence-electron chi connectivity index (χ1n) is 13.2. The summed E-state index contributed by atoms with van der Waals surface area (Å²) in [7, 11) is -1.10. The Kier molecular flexibility index (Phi) is 7.76. The number of ether oxygens (including phenoxy) is 1. The first-order chi connectivity index (χ1) is 18.2. The van der Waals surface area contributed by atoms with E-state index in [1.165, 1.54) is 5.56 Å². The van der Waals surface area contributed by atoms with Gasteiger partial charge in [-0.25, -0.2) is 9.20 Å². The van der Waals surface area contributed by atoms with Gasteiger partial charge in [-0.3, -0.25) is 0 Å². The number of halogens is 1. The maximum absolute atomic E-state index is 6.31. The van der Waals surface area contributed by atoms with Gasteiger partial charge in [0.25, 0.3) is 0 Å². The van der Waals surface area contributed by atoms with Gasteiger partial charge >= 0.3 is 0 Å². The van der Waals surface area contributed by atoms with Crippen molar-refractivity contribution in [1.29, 1.82) is 0 Å². The number of piperidine rings is 1. The fraction of sp³-hybridized carbons (Fsp3) is 0.444. The summed E-state index contributed by atoms with van der Waals surface area (Å²) >= 11 is 6.12. The molecule has 1 aliphatic heterocycles. The summed E-state index contributed by atoms with van der Waals surface area (Å²) in [4.78, 5) is 7.20. The second kappa shape index (κ2) is 11.1. The molecule has 0 saturated carbocycles. The van der Waals surface area contributed by atoms with E-state index in [0.717, 1.165) is 60.6 Å². The number of fused-ring (bicyclic) bond motifs is 1. The SMILES string of the molecule is C[Si](C)(C)CCOCn1cc(Nc2nc3c(N4CCC(CN)(c5ccc(Cl)cc5)CC4)cccn3n2)cn1. The second-order valence-electron chi connectivity index (χ2n) is 11.3. The van der Waals surface area contributed by atoms with Gasteiger partial charge in [0.2, 0.25) is 5.95 Å². The van der Waals surface area contributed by atoms with E-state index < -0.39 is 8.07 Å². The third-order valence-electron chi connectivity index (χ3n) is 7.36. The van der Waals surface area contributed by atoms with E-state index in [4.69, 9.17) is 27.1 Å². The van der Waals surface area contributed by atoms with Crippen LogP contribution in [0, 0.1) is 0 Å². The summed E-state index contributed by atoms with van der Waals surface area (Å²) in [5, 5.41) is 13.1. The first-order valence-corrected chi connectivity index (χ1v) is 17.3. The number of nitrogens with zero attached hydrogens (tertiary/aromatic N) is 6. The molecule has 1 saturated heterocycles. The highest BCUT2D eigenvalue weighted by molar-refractivity contribution is 6.76. The van der Waals surface area contributed by atoms with Crippen LogP contribution in [-0.4, -0.2) is 58.7 Å². The Balaban J connectivity index is 1.25. The minimum Gasteiger partial charge on any atom is -0.368 e. The number of anilines is 3. The van der Waals surface area contributed by atoms with Crippen molar-refractivity contribution in [3.63, 3.8) is 0 Å². The quantitative estimate of drug-likeness (QED) is 0.208. The Hall–Kier alpha value is -2.92. The van der Waals surface area contributed by atoms with E-state index in [-0.39, 0.29) is 5.41 Å². The largest absolute Gasteiger partial charge is 0.368 e. The molecule has 3 N–H and O–H groups in total. The van der Waals surface area contributed by atoms with E-state index in [1.54, 1.807) is 10.9 Å². The van der Waals surface area contributed by atoms with Crippen LogP contribution in [0.2, 0.25) is 30.7 Å². The fourth-order valence-electron chi connectivity index (χ4n) is 4.95. The molecule has 1 fully saturated rings. The molecule has 11 heteroatoms. The molecule has 0 bridgehead atoms. The Labute approximate surface area is 229 Å². The van der Waals surface area contributed by atoms with Crippen LogP contribution in [0.4, 0.5) is 17.3 Å². The topological polar surface area (TPSA) is 98.5 Å². The van der Waals surface area contributed by atoms with Gasteiger partial charge in [0.05, 0.1) is 23.8 Å². The lowest BCUT2D eigenvalue weighted by atomic mass is 9.73. The van der Waals surface area contributed by atoms with E-state index >= 15 is 0 Å². The molecular weight excluding hydrogens is 516 g/mol. The highest BCUT2D eigenvalue weighted by atomic mass is 35.5. The standard InChI is InChI=1S/C27H37ClN8OSi/c1-38(2,3)16-15-37-20-35-18-23(17-30-35)31-26-32-25-24(5-4-12-36(25)33-26)34-13-10-27(19-29,11-14-34)21-6-8-22(28)9-7-21/h4-9,12,17-18H,10-11,13-16,19-20,29H2,1-3H3,(H,31,33). The molecule has 4 heterocycles. The van der Waals surface area contributed by atoms with Crippen molar-refractivity contribution in [2.75, 3.05) is 36.5 Å². The Morgan fingerprint density at radius 1 is 1.13 bits per heavy atom. The number of aromatic nitrogens is 5. The predicted molar refractivity (Wildman–Crippen MR) is 156 cm³/mol. The van der Waals surface area contributed by atoms with Crippen LogP contribution in [0.15, 0.2) is 55.0 Å². The molecule has 4 aromatic rings. The molecule has 0 unspecified atom stereocenters. The van der Waals surface area contributed by atoms with E-state index in [1.807, 2.05) is 35.1 Å². The number of benzene rings is 1. The summed E-state index contributed by atoms with van der Waals surface area (Å²) in [5.41, 5.74) is 10.3. The molecule has 1 aliphatic rings. The third kappa shape index (κ3) is 6.04. The number of pyridine rings is 1. The van der Waals surface area contributed by atoms with Crippen LogP contribution in [0.3, 0.4) is 0 Å². The molecule has 0 spiro atoms. The molecule has 38 heavy (non-hydrogen) atoms. The van der Waals surface area contributed by atoms with Crippen LogP contribution >= 0.6 is 11.6 Å². The van der Waals surface area contributed by atoms with Gasteiger partial charge in [0.1, 0.15) is 6.73 Å². The van der Waals surface area contributed by atoms with Gasteiger partial charge in [-0.15, -0.1) is 5.10 Å². The molecule has 202 valence electrons. The number of rotatable bonds is 10. The third-order valence-corrected chi connectivity index (χ3v) is 9.32. The average Bonchev–Trinajstić information content (AvgIpc) is 3.53. The molecule has 3 aromatic heterocycles. The van der Waals surface area contributed by atoms with E-state index in [2.05, 4.69) is 58.3 Å². The van der Waals surface area contributed by atoms with Gasteiger partial charge in [0, 0.05) is 50.9 Å². The zero-order chi connectivity index (χ0) is 26.8. The summed E-state index contributed by atoms with van der Waals surface area (Å²) < 4.78 is 9.41. The molecule has 1 aromatic carbocycles. The second-order valence-corrected chi connectivity index (χ2v) is 17.4. The number of hydrogen-bond donors (Lipinski definition) is 2. The Bertz CT molecular complexity index is 1360. The van der Waals surface area contributed by atoms with Gasteiger partial charge in [-0.1, -0.05) is 43.4 Å². The van der Waals surface area contributed by atoms with Crippen LogP contribution in [-0.2, 0) is 16.9 Å². The summed E-state index contributed by atoms with van der Waals surface area (Å²) in [6, 6.07) is 13.4. The molecule has 0 radical (unpaired) electrons. The highest BCUT2D eigenvalue weighted by Crippen LogP contribution is 2.37. The maximum atomic E-state index is 6.31. The monoisotopic (exact) mass is 552 g/mol. The lowest BCUT2D eigenvalue weighted by molar-refractivity contribution is 0.0786. The fourth-order valence-corrected chi connectivity index (χ4v) is 5.83. The van der Waals surface area contributed by atoms with Crippen molar-refractivity contribution < 1.29 is 4.74 Å². The summed E-state index contributed by atoms with van der Waals surface area (Å²) in [6.45, 7) is 10.6. The number of hydrogen-bond acceptors (Lipinski definition) is 7. The Morgan fingerprint density at radius 2 is 1.89 bits per heavy atom. The van der Waals surface area contributed by atoms with Gasteiger partial charge < -0.3 is 20.7 Å². The van der Waals surface area contributed by atoms with Crippen molar-refractivity contribution >= 4 is 42.6 Å². The van der Waals surface area contributed by atoms with E-state index in [0.29, 0.717) is 19.2 Å². The smallest absolute Gasteiger partial charge is 0.247 e. The molecule has 0 atom stereocenters. The maximum Gasteiger partial charge on any atom is 0.247 e. The minimum atomic E-state index is -1.10. The Morgan fingerprint density at radius 3 is 2.61 bits per heavy atom. The summed E-state index contributed by atoms with van der Waals surface area (Å²) in [5.74, 6) is 0.533. The minimum absolute atomic E-state index is 0.0366. The van der Waals surface area contributed by atoms with Crippen molar-refractivity contribution in [3.8, 4) is 0 Å². The van der Waals surface area contributed by atoms with Crippen LogP contribution < -0.4 is 16.0 Å². The molecule has 0 aliphatic carbocycles. The first kappa shape index (κ1) is 26.7. The van der Waals surface area contributed by atoms with Gasteiger partial charge in [0.15, 0.2) is 5.65 Å². The predicted octanol–water partition coefficient (Wildman–Crippen LogP) is 5.13. The van der Waals surface area contributed by atoms with Crippen LogP contribution in [0.1, 0.15) is 18.4 Å². The molecule has 5 rings (SSSR count). The van der Waals surface area contributed by atoms with Crippen molar-refractivity contribution in [2.45, 2.75) is 50.7 Å². The highest BCUT2D eigenvalue weighted by Gasteiger charge is 2.35. The van der Waals surface area contributed by atoms with Crippen LogP contribution in [0.5, 0.6) is 0 Å². The molecule has 0 amide bonds. The van der Waals surface area contributed by atoms with Crippen molar-refractivity contribution in [1.82, 2.24) is 24.4 Å². The lowest BCUT2D eigenvalue weighted by Gasteiger charge is -2.42. The normalized spacial score (nSPS) is 15.8. The van der Waals surface area contributed by atoms with E-state index in [9.17, 15) is 0 Å². The number of nitrogens with one attached hydrogen (secondary N) is 1. The molecular formula is C27H37ClN8OSi.